The molecule has 0 atom stereocenters. The number of hydrogen-bond acceptors (Lipinski definition) is 3. The van der Waals surface area contributed by atoms with Gasteiger partial charge in [0, 0.05) is 6.07 Å². The van der Waals surface area contributed by atoms with Gasteiger partial charge in [-0.1, -0.05) is 12.1 Å². The number of para-hydroxylation sites is 1. The monoisotopic (exact) mass is 341 g/mol. The molecule has 0 aliphatic carbocycles. The van der Waals surface area contributed by atoms with Crippen molar-refractivity contribution >= 4 is 22.7 Å². The van der Waals surface area contributed by atoms with Gasteiger partial charge in [-0.15, -0.1) is 17.0 Å². The zero-order valence-corrected chi connectivity index (χ0v) is 13.4. The molecule has 0 unspecified atom stereocenters. The van der Waals surface area contributed by atoms with Crippen LogP contribution in [0.4, 0.5) is 5.69 Å². The molecule has 0 spiro atoms. The second kappa shape index (κ2) is 6.19. The van der Waals surface area contributed by atoms with E-state index in [2.05, 4.69) is 21.1 Å². The summed E-state index contributed by atoms with van der Waals surface area (Å²) < 4.78 is 6.46. The maximum Gasteiger partial charge on any atom is 0.280 e. The van der Waals surface area contributed by atoms with E-state index < -0.39 is 4.92 Å². The summed E-state index contributed by atoms with van der Waals surface area (Å²) in [5.74, 6) is 1.36. The van der Waals surface area contributed by atoms with Gasteiger partial charge in [0.05, 0.1) is 31.6 Å². The Morgan fingerprint density at radius 1 is 1.15 bits per heavy atom. The number of benzene rings is 1. The topological polar surface area (TPSA) is 56.3 Å². The van der Waals surface area contributed by atoms with Crippen molar-refractivity contribution < 1.29 is 13.8 Å². The summed E-state index contributed by atoms with van der Waals surface area (Å²) in [6, 6.07) is 10.3. The van der Waals surface area contributed by atoms with Crippen LogP contribution in [0.2, 0.25) is 0 Å². The van der Waals surface area contributed by atoms with Crippen LogP contribution in [0.3, 0.4) is 0 Å². The molecular formula is C14H18BrN2O3+. The Morgan fingerprint density at radius 2 is 1.80 bits per heavy atom. The molecule has 0 saturated carbocycles. The van der Waals surface area contributed by atoms with E-state index >= 15 is 0 Å². The molecule has 108 valence electrons. The molecule has 0 aliphatic rings. The molecule has 0 radical (unpaired) electrons. The third kappa shape index (κ3) is 3.91. The van der Waals surface area contributed by atoms with Crippen molar-refractivity contribution in [3.63, 3.8) is 0 Å². The fourth-order valence-electron chi connectivity index (χ4n) is 1.92. The van der Waals surface area contributed by atoms with Crippen LogP contribution in [0.5, 0.6) is 0 Å². The molecule has 6 heteroatoms. The van der Waals surface area contributed by atoms with Crippen LogP contribution in [0, 0.1) is 10.1 Å². The van der Waals surface area contributed by atoms with Crippen molar-refractivity contribution in [2.45, 2.75) is 6.54 Å². The lowest BCUT2D eigenvalue weighted by Gasteiger charge is -2.22. The average Bonchev–Trinajstić information content (AvgIpc) is 2.75. The minimum absolute atomic E-state index is 0. The number of furan rings is 1. The van der Waals surface area contributed by atoms with E-state index in [0.717, 1.165) is 16.8 Å². The summed E-state index contributed by atoms with van der Waals surface area (Å²) >= 11 is 0. The Labute approximate surface area is 128 Å². The number of hydrogen-bond donors (Lipinski definition) is 0. The second-order valence-corrected chi connectivity index (χ2v) is 5.49. The van der Waals surface area contributed by atoms with Gasteiger partial charge >= 0.3 is 0 Å². The van der Waals surface area contributed by atoms with Gasteiger partial charge in [0.15, 0.2) is 5.76 Å². The second-order valence-electron chi connectivity index (χ2n) is 5.49. The summed E-state index contributed by atoms with van der Waals surface area (Å²) in [5, 5.41) is 11.0. The van der Waals surface area contributed by atoms with Gasteiger partial charge in [0.25, 0.3) is 5.69 Å². The van der Waals surface area contributed by atoms with Gasteiger partial charge in [0.1, 0.15) is 12.3 Å². The Hall–Kier alpha value is -1.66. The fraction of sp³-hybridized carbons (Fsp3) is 0.286. The zero-order valence-electron chi connectivity index (χ0n) is 11.7. The summed E-state index contributed by atoms with van der Waals surface area (Å²) in [6.45, 7) is 0.737. The highest BCUT2D eigenvalue weighted by Crippen LogP contribution is 2.31. The van der Waals surface area contributed by atoms with Crippen LogP contribution >= 0.6 is 17.0 Å². The number of halogens is 1. The maximum absolute atomic E-state index is 11.0. The molecule has 0 fully saturated rings. The molecular weight excluding hydrogens is 324 g/mol. The van der Waals surface area contributed by atoms with E-state index in [1.807, 2.05) is 6.07 Å². The molecule has 1 aromatic carbocycles. The Balaban J connectivity index is 0.00000200. The molecule has 0 amide bonds. The molecule has 0 N–H and O–H groups in total. The van der Waals surface area contributed by atoms with E-state index in [1.165, 1.54) is 6.07 Å². The van der Waals surface area contributed by atoms with Crippen LogP contribution in [-0.4, -0.2) is 30.5 Å². The molecule has 20 heavy (non-hydrogen) atoms. The Morgan fingerprint density at radius 3 is 2.40 bits per heavy atom. The normalized spacial score (nSPS) is 10.9. The summed E-state index contributed by atoms with van der Waals surface area (Å²) in [4.78, 5) is 10.6. The molecule has 2 aromatic rings. The summed E-state index contributed by atoms with van der Waals surface area (Å²) in [7, 11) is 6.19. The lowest BCUT2D eigenvalue weighted by molar-refractivity contribution is -0.884. The van der Waals surface area contributed by atoms with Crippen molar-refractivity contribution in [2.75, 3.05) is 21.1 Å². The van der Waals surface area contributed by atoms with Gasteiger partial charge in [-0.2, -0.15) is 0 Å². The van der Waals surface area contributed by atoms with E-state index in [4.69, 9.17) is 4.42 Å². The highest BCUT2D eigenvalue weighted by atomic mass is 79.9. The number of nitrogens with zero attached hydrogens (tertiary/aromatic N) is 2. The Bertz CT molecular complexity index is 602. The fourth-order valence-corrected chi connectivity index (χ4v) is 1.92. The molecule has 0 aliphatic heterocycles. The maximum atomic E-state index is 11.0. The quantitative estimate of drug-likeness (QED) is 0.484. The first-order chi connectivity index (χ1) is 8.87. The first-order valence-electron chi connectivity index (χ1n) is 6.00. The van der Waals surface area contributed by atoms with Gasteiger partial charge in [-0.25, -0.2) is 0 Å². The van der Waals surface area contributed by atoms with Gasteiger partial charge in [-0.05, 0) is 18.2 Å². The summed E-state index contributed by atoms with van der Waals surface area (Å²) in [5.41, 5.74) is 0.578. The highest BCUT2D eigenvalue weighted by Gasteiger charge is 2.18. The Kier molecular flexibility index (Phi) is 5.08. The average molecular weight is 342 g/mol. The van der Waals surface area contributed by atoms with Crippen molar-refractivity contribution in [1.82, 2.24) is 0 Å². The predicted molar refractivity (Wildman–Crippen MR) is 82.9 cm³/mol. The third-order valence-corrected chi connectivity index (χ3v) is 2.66. The van der Waals surface area contributed by atoms with E-state index in [9.17, 15) is 10.1 Å². The molecule has 0 saturated heterocycles. The van der Waals surface area contributed by atoms with Crippen molar-refractivity contribution in [1.29, 1.82) is 0 Å². The van der Waals surface area contributed by atoms with E-state index in [0.29, 0.717) is 11.3 Å². The van der Waals surface area contributed by atoms with Gasteiger partial charge < -0.3 is 8.90 Å². The predicted octanol–water partition coefficient (Wildman–Crippen LogP) is 3.64. The minimum atomic E-state index is -0.392. The number of quaternary nitrogens is 1. The number of rotatable bonds is 4. The SMILES string of the molecule is Br.C[N+](C)(C)Cc1ccc(-c2ccccc2[N+](=O)[O-])o1. The van der Waals surface area contributed by atoms with Crippen LogP contribution in [0.25, 0.3) is 11.3 Å². The van der Waals surface area contributed by atoms with Crippen LogP contribution in [0.1, 0.15) is 5.76 Å². The highest BCUT2D eigenvalue weighted by molar-refractivity contribution is 8.93. The van der Waals surface area contributed by atoms with Gasteiger partial charge in [-0.3, -0.25) is 10.1 Å². The number of nitro groups is 1. The zero-order chi connectivity index (χ0) is 14.0. The van der Waals surface area contributed by atoms with E-state index in [-0.39, 0.29) is 22.7 Å². The minimum Gasteiger partial charge on any atom is -0.455 e. The molecule has 0 bridgehead atoms. The van der Waals surface area contributed by atoms with Crippen molar-refractivity contribution in [3.8, 4) is 11.3 Å². The third-order valence-electron chi connectivity index (χ3n) is 2.66. The molecule has 5 nitrogen and oxygen atoms in total. The summed E-state index contributed by atoms with van der Waals surface area (Å²) in [6.07, 6.45) is 0. The first kappa shape index (κ1) is 16.4. The lowest BCUT2D eigenvalue weighted by Crippen LogP contribution is -2.33. The van der Waals surface area contributed by atoms with Crippen molar-refractivity contribution in [2.24, 2.45) is 0 Å². The number of nitro benzene ring substituents is 1. The molecule has 1 heterocycles. The lowest BCUT2D eigenvalue weighted by atomic mass is 10.1. The van der Waals surface area contributed by atoms with Crippen LogP contribution in [-0.2, 0) is 6.54 Å². The van der Waals surface area contributed by atoms with Crippen LogP contribution < -0.4 is 0 Å². The molecule has 1 aromatic heterocycles. The van der Waals surface area contributed by atoms with Crippen LogP contribution in [0.15, 0.2) is 40.8 Å². The van der Waals surface area contributed by atoms with Crippen molar-refractivity contribution in [3.05, 3.63) is 52.3 Å². The largest absolute Gasteiger partial charge is 0.455 e. The smallest absolute Gasteiger partial charge is 0.280 e. The van der Waals surface area contributed by atoms with E-state index in [1.54, 1.807) is 24.3 Å². The first-order valence-corrected chi connectivity index (χ1v) is 6.00. The van der Waals surface area contributed by atoms with Gasteiger partial charge in [0.2, 0.25) is 0 Å². The molecule has 2 rings (SSSR count). The standard InChI is InChI=1S/C14H17N2O3.BrH/c1-16(2,3)10-11-8-9-14(19-11)12-6-4-5-7-13(12)15(17)18;/h4-9H,10H2,1-3H3;1H/q+1;.